The predicted octanol–water partition coefficient (Wildman–Crippen LogP) is 4.30. The first-order valence-corrected chi connectivity index (χ1v) is 8.70. The Hall–Kier alpha value is -3.96. The monoisotopic (exact) mass is 408 g/mol. The molecular weight excluding hydrogens is 396 g/mol. The third-order valence-electron chi connectivity index (χ3n) is 4.28. The number of rotatable bonds is 4. The summed E-state index contributed by atoms with van der Waals surface area (Å²) in [4.78, 5) is 16.3. The molecule has 0 saturated carbocycles. The molecule has 29 heavy (non-hydrogen) atoms. The Balaban J connectivity index is 1.74. The number of fused-ring (bicyclic) bond motifs is 1. The molecule has 0 amide bonds. The van der Waals surface area contributed by atoms with E-state index in [4.69, 9.17) is 31.2 Å². The van der Waals surface area contributed by atoms with Crippen LogP contribution in [0.3, 0.4) is 0 Å². The summed E-state index contributed by atoms with van der Waals surface area (Å²) in [6, 6.07) is 12.2. The summed E-state index contributed by atoms with van der Waals surface area (Å²) in [5.74, 6) is 0.197. The first-order chi connectivity index (χ1) is 14.0. The Morgan fingerprint density at radius 1 is 1.31 bits per heavy atom. The topological polar surface area (TPSA) is 116 Å². The number of anilines is 1. The number of methoxy groups -OCH3 is 1. The van der Waals surface area contributed by atoms with Crippen LogP contribution in [0.25, 0.3) is 16.8 Å². The van der Waals surface area contributed by atoms with Crippen molar-refractivity contribution in [2.45, 2.75) is 0 Å². The fourth-order valence-electron chi connectivity index (χ4n) is 2.90. The van der Waals surface area contributed by atoms with Crippen LogP contribution in [0.1, 0.15) is 16.1 Å². The molecule has 4 aromatic rings. The van der Waals surface area contributed by atoms with Gasteiger partial charge in [-0.3, -0.25) is 0 Å². The van der Waals surface area contributed by atoms with Crippen molar-refractivity contribution >= 4 is 34.4 Å². The Labute approximate surface area is 169 Å². The minimum Gasteiger partial charge on any atom is -0.464 e. The lowest BCUT2D eigenvalue weighted by atomic mass is 10.2. The lowest BCUT2D eigenvalue weighted by Crippen LogP contribution is -2.11. The summed E-state index contributed by atoms with van der Waals surface area (Å²) in [5.41, 5.74) is 7.82. The van der Waals surface area contributed by atoms with Gasteiger partial charge in [0, 0.05) is 11.9 Å². The third-order valence-corrected chi connectivity index (χ3v) is 4.58. The molecule has 0 unspecified atom stereocenters. The highest BCUT2D eigenvalue weighted by molar-refractivity contribution is 6.32. The SMILES string of the molecule is COC(=O)c1c(N)c(C#N)cn1-c1ccc(Oc2cccc3ocnc23)c(Cl)c1. The highest BCUT2D eigenvalue weighted by Crippen LogP contribution is 2.35. The largest absolute Gasteiger partial charge is 0.464 e. The van der Waals surface area contributed by atoms with Crippen LogP contribution in [0.5, 0.6) is 11.5 Å². The van der Waals surface area contributed by atoms with Gasteiger partial charge in [-0.15, -0.1) is 0 Å². The Morgan fingerprint density at radius 2 is 2.14 bits per heavy atom. The van der Waals surface area contributed by atoms with Gasteiger partial charge in [0.25, 0.3) is 0 Å². The summed E-state index contributed by atoms with van der Waals surface area (Å²) in [6.07, 6.45) is 2.78. The minimum absolute atomic E-state index is 0.0357. The summed E-state index contributed by atoms with van der Waals surface area (Å²) in [7, 11) is 1.24. The fourth-order valence-corrected chi connectivity index (χ4v) is 3.12. The van der Waals surface area contributed by atoms with Crippen molar-refractivity contribution in [3.05, 3.63) is 65.3 Å². The van der Waals surface area contributed by atoms with E-state index in [0.29, 0.717) is 28.3 Å². The number of carbonyl (C=O) groups is 1. The zero-order chi connectivity index (χ0) is 20.5. The molecule has 0 atom stereocenters. The second kappa shape index (κ2) is 7.22. The number of hydrogen-bond donors (Lipinski definition) is 1. The maximum Gasteiger partial charge on any atom is 0.357 e. The number of nitrogens with zero attached hydrogens (tertiary/aromatic N) is 3. The fraction of sp³-hybridized carbons (Fsp3) is 0.0500. The average molecular weight is 409 g/mol. The van der Waals surface area contributed by atoms with Crippen LogP contribution in [-0.2, 0) is 4.74 Å². The lowest BCUT2D eigenvalue weighted by molar-refractivity contribution is 0.0593. The van der Waals surface area contributed by atoms with E-state index in [1.54, 1.807) is 36.4 Å². The second-order valence-corrected chi connectivity index (χ2v) is 6.36. The number of ether oxygens (including phenoxy) is 2. The molecule has 0 bridgehead atoms. The molecule has 2 heterocycles. The molecule has 4 rings (SSSR count). The molecule has 0 aliphatic rings. The molecule has 9 heteroatoms. The van der Waals surface area contributed by atoms with Crippen molar-refractivity contribution < 1.29 is 18.7 Å². The Morgan fingerprint density at radius 3 is 2.86 bits per heavy atom. The number of para-hydroxylation sites is 1. The molecule has 2 aromatic heterocycles. The molecule has 0 radical (unpaired) electrons. The van der Waals surface area contributed by atoms with Crippen molar-refractivity contribution in [1.29, 1.82) is 5.26 Å². The van der Waals surface area contributed by atoms with Crippen molar-refractivity contribution in [2.75, 3.05) is 12.8 Å². The molecular formula is C20H13ClN4O4. The van der Waals surface area contributed by atoms with E-state index in [2.05, 4.69) is 4.98 Å². The molecule has 0 saturated heterocycles. The van der Waals surface area contributed by atoms with E-state index in [9.17, 15) is 10.1 Å². The quantitative estimate of drug-likeness (QED) is 0.500. The van der Waals surface area contributed by atoms with Crippen LogP contribution in [0, 0.1) is 11.3 Å². The van der Waals surface area contributed by atoms with Gasteiger partial charge >= 0.3 is 5.97 Å². The lowest BCUT2D eigenvalue weighted by Gasteiger charge is -2.12. The number of benzene rings is 2. The third kappa shape index (κ3) is 3.13. The molecule has 2 N–H and O–H groups in total. The average Bonchev–Trinajstić information content (AvgIpc) is 3.33. The van der Waals surface area contributed by atoms with Crippen molar-refractivity contribution in [1.82, 2.24) is 9.55 Å². The van der Waals surface area contributed by atoms with E-state index < -0.39 is 5.97 Å². The molecule has 0 spiro atoms. The van der Waals surface area contributed by atoms with Crippen LogP contribution in [-0.4, -0.2) is 22.6 Å². The van der Waals surface area contributed by atoms with Crippen molar-refractivity contribution in [3.8, 4) is 23.3 Å². The van der Waals surface area contributed by atoms with Gasteiger partial charge in [-0.2, -0.15) is 5.26 Å². The second-order valence-electron chi connectivity index (χ2n) is 5.95. The van der Waals surface area contributed by atoms with Gasteiger partial charge in [-0.25, -0.2) is 9.78 Å². The van der Waals surface area contributed by atoms with Gasteiger partial charge in [0.2, 0.25) is 0 Å². The number of carbonyl (C=O) groups excluding carboxylic acids is 1. The summed E-state index contributed by atoms with van der Waals surface area (Å²) in [6.45, 7) is 0. The van der Waals surface area contributed by atoms with E-state index in [1.165, 1.54) is 24.3 Å². The van der Waals surface area contributed by atoms with Crippen LogP contribution >= 0.6 is 11.6 Å². The van der Waals surface area contributed by atoms with E-state index in [1.807, 2.05) is 6.07 Å². The molecule has 144 valence electrons. The Bertz CT molecular complexity index is 1290. The summed E-state index contributed by atoms with van der Waals surface area (Å²) in [5, 5.41) is 9.52. The number of halogens is 1. The van der Waals surface area contributed by atoms with Gasteiger partial charge in [0.15, 0.2) is 28.9 Å². The predicted molar refractivity (Wildman–Crippen MR) is 105 cm³/mol. The zero-order valence-electron chi connectivity index (χ0n) is 15.0. The van der Waals surface area contributed by atoms with Crippen molar-refractivity contribution in [3.63, 3.8) is 0 Å². The maximum absolute atomic E-state index is 12.1. The number of oxazole rings is 1. The summed E-state index contributed by atoms with van der Waals surface area (Å²) >= 11 is 6.41. The smallest absolute Gasteiger partial charge is 0.357 e. The Kier molecular flexibility index (Phi) is 4.58. The van der Waals surface area contributed by atoms with E-state index in [0.717, 1.165) is 0 Å². The number of esters is 1. The van der Waals surface area contributed by atoms with Gasteiger partial charge in [-0.05, 0) is 30.3 Å². The molecule has 8 nitrogen and oxygen atoms in total. The first-order valence-electron chi connectivity index (χ1n) is 8.32. The molecule has 0 aliphatic carbocycles. The van der Waals surface area contributed by atoms with Gasteiger partial charge in [0.05, 0.1) is 23.4 Å². The molecule has 0 aliphatic heterocycles. The van der Waals surface area contributed by atoms with Gasteiger partial charge in [-0.1, -0.05) is 17.7 Å². The zero-order valence-corrected chi connectivity index (χ0v) is 15.8. The highest BCUT2D eigenvalue weighted by atomic mass is 35.5. The normalized spacial score (nSPS) is 10.7. The van der Waals surface area contributed by atoms with Gasteiger partial charge in [0.1, 0.15) is 11.8 Å². The highest BCUT2D eigenvalue weighted by Gasteiger charge is 2.22. The van der Waals surface area contributed by atoms with Crippen LogP contribution in [0.2, 0.25) is 5.02 Å². The molecule has 2 aromatic carbocycles. The van der Waals surface area contributed by atoms with Crippen LogP contribution < -0.4 is 10.5 Å². The van der Waals surface area contributed by atoms with Crippen molar-refractivity contribution in [2.24, 2.45) is 0 Å². The maximum atomic E-state index is 12.1. The number of hydrogen-bond acceptors (Lipinski definition) is 7. The number of aromatic nitrogens is 2. The number of nitriles is 1. The first kappa shape index (κ1) is 18.4. The van der Waals surface area contributed by atoms with Crippen LogP contribution in [0.15, 0.2) is 53.4 Å². The number of nitrogen functional groups attached to an aromatic ring is 1. The van der Waals surface area contributed by atoms with Gasteiger partial charge < -0.3 is 24.2 Å². The van der Waals surface area contributed by atoms with E-state index in [-0.39, 0.29) is 22.0 Å². The minimum atomic E-state index is -0.668. The summed E-state index contributed by atoms with van der Waals surface area (Å²) < 4.78 is 17.4. The number of nitrogens with two attached hydrogens (primary N) is 1. The van der Waals surface area contributed by atoms with E-state index >= 15 is 0 Å². The molecule has 0 fully saturated rings. The van der Waals surface area contributed by atoms with Crippen LogP contribution in [0.4, 0.5) is 5.69 Å². The standard InChI is InChI=1S/C20H13ClN4O4/c1-27-20(26)19-17(23)11(8-22)9-25(19)12-5-6-14(13(21)7-12)29-16-4-2-3-15-18(16)24-10-28-15/h2-7,9-10H,23H2,1H3.